The Balaban J connectivity index is 0.000000148. The van der Waals surface area contributed by atoms with Gasteiger partial charge in [-0.3, -0.25) is 0 Å². The van der Waals surface area contributed by atoms with Crippen LogP contribution in [-0.2, 0) is 20.7 Å². The van der Waals surface area contributed by atoms with Crippen molar-refractivity contribution in [2.24, 2.45) is 0 Å². The van der Waals surface area contributed by atoms with E-state index in [2.05, 4.69) is 101 Å². The van der Waals surface area contributed by atoms with E-state index in [-0.39, 0.29) is 23.4 Å². The largest absolute Gasteiger partial charge is 0.480 e. The molecule has 2 aromatic heterocycles. The van der Waals surface area contributed by atoms with E-state index in [1.807, 2.05) is 96.4 Å². The van der Waals surface area contributed by atoms with Crippen LogP contribution in [0.5, 0.6) is 11.5 Å². The molecule has 416 valence electrons. The number of aromatic nitrogens is 4. The summed E-state index contributed by atoms with van der Waals surface area (Å²) >= 11 is 3.44. The monoisotopic (exact) mass is 1130 g/mol. The van der Waals surface area contributed by atoms with Crippen molar-refractivity contribution in [2.75, 3.05) is 73.2 Å². The Bertz CT molecular complexity index is 3080. The Hall–Kier alpha value is -7.14. The summed E-state index contributed by atoms with van der Waals surface area (Å²) in [5.74, 6) is 2.78. The van der Waals surface area contributed by atoms with Crippen molar-refractivity contribution in [3.8, 4) is 33.8 Å². The van der Waals surface area contributed by atoms with Crippen LogP contribution in [-0.4, -0.2) is 105 Å². The van der Waals surface area contributed by atoms with Gasteiger partial charge in [0.1, 0.15) is 22.7 Å². The fraction of sp³-hybridized carbons (Fsp3) is 0.452. The second-order valence-electron chi connectivity index (χ2n) is 23.3. The maximum absolute atomic E-state index is 12.4. The zero-order chi connectivity index (χ0) is 55.4. The third-order valence-electron chi connectivity index (χ3n) is 15.3. The number of carbonyl (C=O) groups is 2. The highest BCUT2D eigenvalue weighted by molar-refractivity contribution is 9.10. The van der Waals surface area contributed by atoms with E-state index in [1.165, 1.54) is 31.4 Å². The number of para-hydroxylation sites is 2. The zero-order valence-electron chi connectivity index (χ0n) is 46.6. The van der Waals surface area contributed by atoms with Crippen LogP contribution in [0.3, 0.4) is 0 Å². The maximum Gasteiger partial charge on any atom is 0.410 e. The van der Waals surface area contributed by atoms with Gasteiger partial charge in [-0.05, 0) is 154 Å². The first-order chi connectivity index (χ1) is 37.9. The first kappa shape index (κ1) is 55.2. The summed E-state index contributed by atoms with van der Waals surface area (Å²) in [5.41, 5.74) is 13.7. The van der Waals surface area contributed by atoms with Gasteiger partial charge in [0.15, 0.2) is 11.2 Å². The smallest absolute Gasteiger partial charge is 0.410 e. The van der Waals surface area contributed by atoms with E-state index in [1.54, 1.807) is 9.80 Å². The van der Waals surface area contributed by atoms with Gasteiger partial charge in [-0.1, -0.05) is 65.2 Å². The minimum absolute atomic E-state index is 0.215. The van der Waals surface area contributed by atoms with E-state index in [9.17, 15) is 9.59 Å². The van der Waals surface area contributed by atoms with Crippen LogP contribution in [0.15, 0.2) is 114 Å². The molecule has 16 nitrogen and oxygen atoms in total. The number of nitrogen functional groups attached to an aromatic ring is 1. The molecule has 4 aliphatic heterocycles. The number of carbonyl (C=O) groups excluding carboxylic acids is 2. The molecule has 79 heavy (non-hydrogen) atoms. The molecule has 12 rings (SSSR count). The molecule has 0 atom stereocenters. The summed E-state index contributed by atoms with van der Waals surface area (Å²) in [4.78, 5) is 50.9. The SMILES string of the molecule is CC(C)(C)OC(=O)N1CCN(c2ccc(Br)cc2)CC1.CC(C)(C)OC(=O)N1CCN(c2ccc(Nc3ncc4c(n3)C3(CCCCC3)Oc3ccccc3-4)cc2)CC1.Nc1ncc2c(n1)C1(CCCCC1)Oc1ccccc1-2. The van der Waals surface area contributed by atoms with Gasteiger partial charge in [-0.2, -0.15) is 0 Å². The molecule has 2 saturated heterocycles. The zero-order valence-corrected chi connectivity index (χ0v) is 48.2. The average Bonchev–Trinajstić information content (AvgIpc) is 3.47. The van der Waals surface area contributed by atoms with E-state index >= 15 is 0 Å². The molecule has 2 aliphatic carbocycles. The van der Waals surface area contributed by atoms with Crippen molar-refractivity contribution < 1.29 is 28.5 Å². The van der Waals surface area contributed by atoms with Crippen LogP contribution in [0.2, 0.25) is 0 Å². The van der Waals surface area contributed by atoms with E-state index in [0.29, 0.717) is 38.1 Å². The predicted molar refractivity (Wildman–Crippen MR) is 314 cm³/mol. The highest BCUT2D eigenvalue weighted by Crippen LogP contribution is 2.52. The van der Waals surface area contributed by atoms with Crippen LogP contribution >= 0.6 is 15.9 Å². The Morgan fingerprint density at radius 1 is 0.544 bits per heavy atom. The van der Waals surface area contributed by atoms with Crippen molar-refractivity contribution in [1.82, 2.24) is 29.7 Å². The van der Waals surface area contributed by atoms with Gasteiger partial charge in [0.25, 0.3) is 0 Å². The van der Waals surface area contributed by atoms with Crippen LogP contribution in [0.1, 0.15) is 117 Å². The number of hydrogen-bond acceptors (Lipinski definition) is 14. The second-order valence-corrected chi connectivity index (χ2v) is 24.2. The van der Waals surface area contributed by atoms with Gasteiger partial charge >= 0.3 is 12.2 Å². The van der Waals surface area contributed by atoms with E-state index in [4.69, 9.17) is 29.7 Å². The number of nitrogens with two attached hydrogens (primary N) is 1. The number of nitrogens with one attached hydrogen (secondary N) is 1. The molecule has 6 aromatic rings. The van der Waals surface area contributed by atoms with Gasteiger partial charge < -0.3 is 49.6 Å². The average molecular weight is 1140 g/mol. The summed E-state index contributed by atoms with van der Waals surface area (Å²) in [6.07, 6.45) is 14.4. The number of halogens is 1. The highest BCUT2D eigenvalue weighted by Gasteiger charge is 2.45. The first-order valence-corrected chi connectivity index (χ1v) is 28.9. The number of fused-ring (bicyclic) bond motifs is 8. The molecule has 3 N–H and O–H groups in total. The summed E-state index contributed by atoms with van der Waals surface area (Å²) in [6, 6.07) is 32.9. The summed E-state index contributed by atoms with van der Waals surface area (Å²) in [6.45, 7) is 17.3. The Kier molecular flexibility index (Phi) is 16.3. The van der Waals surface area contributed by atoms with Crippen LogP contribution in [0.25, 0.3) is 22.3 Å². The van der Waals surface area contributed by atoms with Crippen molar-refractivity contribution in [2.45, 2.75) is 128 Å². The maximum atomic E-state index is 12.4. The van der Waals surface area contributed by atoms with Crippen molar-refractivity contribution in [3.63, 3.8) is 0 Å². The Morgan fingerprint density at radius 3 is 1.42 bits per heavy atom. The minimum atomic E-state index is -0.479. The van der Waals surface area contributed by atoms with Crippen LogP contribution < -0.4 is 30.3 Å². The van der Waals surface area contributed by atoms with Gasteiger partial charge in [-0.15, -0.1) is 0 Å². The number of amides is 2. The molecular formula is C62H75BrN10O6. The number of benzene rings is 4. The first-order valence-electron chi connectivity index (χ1n) is 28.1. The molecule has 2 saturated carbocycles. The van der Waals surface area contributed by atoms with Crippen molar-refractivity contribution in [1.29, 1.82) is 0 Å². The molecular weight excluding hydrogens is 1060 g/mol. The van der Waals surface area contributed by atoms with Gasteiger partial charge in [0, 0.05) is 109 Å². The number of nitrogens with zero attached hydrogens (tertiary/aromatic N) is 8. The lowest BCUT2D eigenvalue weighted by Gasteiger charge is -2.41. The summed E-state index contributed by atoms with van der Waals surface area (Å²) in [5, 5.41) is 3.41. The van der Waals surface area contributed by atoms with Crippen LogP contribution in [0, 0.1) is 0 Å². The lowest BCUT2D eigenvalue weighted by atomic mass is 9.78. The second kappa shape index (κ2) is 23.3. The minimum Gasteiger partial charge on any atom is -0.480 e. The van der Waals surface area contributed by atoms with E-state index in [0.717, 1.165) is 126 Å². The fourth-order valence-corrected chi connectivity index (χ4v) is 11.7. The fourth-order valence-electron chi connectivity index (χ4n) is 11.4. The molecule has 2 spiro atoms. The third-order valence-corrected chi connectivity index (χ3v) is 15.8. The topological polar surface area (TPSA) is 174 Å². The number of rotatable bonds is 4. The Labute approximate surface area is 473 Å². The number of hydrogen-bond donors (Lipinski definition) is 2. The van der Waals surface area contributed by atoms with Gasteiger partial charge in [0.05, 0.1) is 11.4 Å². The van der Waals surface area contributed by atoms with Crippen LogP contribution in [0.4, 0.5) is 38.5 Å². The lowest BCUT2D eigenvalue weighted by Crippen LogP contribution is -2.50. The normalized spacial score (nSPS) is 17.9. The van der Waals surface area contributed by atoms with Gasteiger partial charge in [-0.25, -0.2) is 29.5 Å². The molecule has 0 radical (unpaired) electrons. The van der Waals surface area contributed by atoms with Crippen molar-refractivity contribution >= 4 is 57.1 Å². The molecule has 0 bridgehead atoms. The molecule has 0 unspecified atom stereocenters. The van der Waals surface area contributed by atoms with E-state index < -0.39 is 11.2 Å². The summed E-state index contributed by atoms with van der Waals surface area (Å²) < 4.78 is 25.1. The molecule has 2 amide bonds. The molecule has 6 aliphatic rings. The van der Waals surface area contributed by atoms with Gasteiger partial charge in [0.2, 0.25) is 11.9 Å². The molecule has 4 fully saturated rings. The molecule has 4 aromatic carbocycles. The quantitative estimate of drug-likeness (QED) is 0.171. The summed E-state index contributed by atoms with van der Waals surface area (Å²) in [7, 11) is 0. The Morgan fingerprint density at radius 2 is 0.962 bits per heavy atom. The number of piperazine rings is 2. The lowest BCUT2D eigenvalue weighted by molar-refractivity contribution is 0.0196. The standard InChI is InChI=1S/C31H37N5O3.C16H17N3O.C15H21BrN2O2/c1-30(2,3)39-29(37)36-19-17-35(18-20-36)23-13-11-22(12-14-23)33-28-32-21-25-24-9-5-6-10-26(24)38-31(27(25)34-28)15-7-4-8-16-31;17-15-18-10-12-11-6-2-3-7-13(11)20-16(14(12)19-15)8-4-1-5-9-16;1-15(2,3)20-14(19)18-10-8-17(9-11-18)13-6-4-12(16)5-7-13/h5-6,9-14,21H,4,7-8,15-20H2,1-3H3,(H,32,33,34);2-3,6-7,10H,1,4-5,8-9H2,(H2,17,18,19);4-7H,8-11H2,1-3H3. The van der Waals surface area contributed by atoms with Crippen molar-refractivity contribution in [3.05, 3.63) is 125 Å². The molecule has 17 heteroatoms. The highest BCUT2D eigenvalue weighted by atomic mass is 79.9. The third kappa shape index (κ3) is 13.0. The molecule has 6 heterocycles. The number of anilines is 5. The number of ether oxygens (including phenoxy) is 4. The predicted octanol–water partition coefficient (Wildman–Crippen LogP) is 13.3.